The molecule has 0 radical (unpaired) electrons. The highest BCUT2D eigenvalue weighted by Gasteiger charge is 2.31. The second-order valence-corrected chi connectivity index (χ2v) is 7.51. The number of hydrogen-bond donors (Lipinski definition) is 4. The van der Waals surface area contributed by atoms with Gasteiger partial charge in [0, 0.05) is 12.2 Å². The van der Waals surface area contributed by atoms with E-state index in [1.54, 1.807) is 37.4 Å². The van der Waals surface area contributed by atoms with Gasteiger partial charge in [-0.25, -0.2) is 9.18 Å². The number of carbonyl (C=O) groups is 2. The van der Waals surface area contributed by atoms with Gasteiger partial charge in [0.2, 0.25) is 0 Å². The minimum absolute atomic E-state index is 0.00238. The fourth-order valence-electron chi connectivity index (χ4n) is 3.61. The summed E-state index contributed by atoms with van der Waals surface area (Å²) in [7, 11) is 1.57. The maximum absolute atomic E-state index is 13.7. The molecule has 2 aromatic carbocycles. The molecule has 3 rings (SSSR count). The van der Waals surface area contributed by atoms with Crippen molar-refractivity contribution in [1.82, 2.24) is 10.6 Å². The van der Waals surface area contributed by atoms with Crippen molar-refractivity contribution in [1.29, 1.82) is 0 Å². The Balaban J connectivity index is 1.43. The summed E-state index contributed by atoms with van der Waals surface area (Å²) >= 11 is 0. The summed E-state index contributed by atoms with van der Waals surface area (Å²) in [6.45, 7) is 0.0671. The Hall–Kier alpha value is -3.17. The van der Waals surface area contributed by atoms with Gasteiger partial charge < -0.3 is 30.5 Å². The molecule has 9 heteroatoms. The van der Waals surface area contributed by atoms with Crippen LogP contribution in [0.25, 0.3) is 0 Å². The number of aliphatic hydroxyl groups excluding tert-OH is 1. The van der Waals surface area contributed by atoms with Gasteiger partial charge in [-0.3, -0.25) is 4.79 Å². The number of benzene rings is 2. The van der Waals surface area contributed by atoms with E-state index in [2.05, 4.69) is 16.0 Å². The molecular formula is C23H28FN3O5. The van der Waals surface area contributed by atoms with E-state index in [1.165, 1.54) is 18.2 Å². The van der Waals surface area contributed by atoms with E-state index in [4.69, 9.17) is 9.47 Å². The molecule has 1 heterocycles. The highest BCUT2D eigenvalue weighted by atomic mass is 19.1. The smallest absolute Gasteiger partial charge is 0.319 e. The van der Waals surface area contributed by atoms with Gasteiger partial charge in [0.1, 0.15) is 17.7 Å². The number of nitrogens with one attached hydrogen (secondary N) is 3. The first-order valence-corrected chi connectivity index (χ1v) is 10.5. The van der Waals surface area contributed by atoms with Gasteiger partial charge in [0.25, 0.3) is 5.91 Å². The van der Waals surface area contributed by atoms with Gasteiger partial charge in [0.15, 0.2) is 0 Å². The summed E-state index contributed by atoms with van der Waals surface area (Å²) in [5.41, 5.74) is 0.612. The van der Waals surface area contributed by atoms with E-state index in [0.29, 0.717) is 37.2 Å². The summed E-state index contributed by atoms with van der Waals surface area (Å²) in [6, 6.07) is 12.0. The molecule has 1 fully saturated rings. The topological polar surface area (TPSA) is 109 Å². The van der Waals surface area contributed by atoms with Crippen molar-refractivity contribution in [2.75, 3.05) is 25.6 Å². The van der Waals surface area contributed by atoms with Crippen molar-refractivity contribution in [3.05, 3.63) is 59.9 Å². The SMILES string of the molecule is COc1ccc(NC(=O)N[C@@H]2CC[C@H](CCNC(=O)c3ccccc3F)O[C@H]2CO)cc1. The molecule has 0 saturated carbocycles. The van der Waals surface area contributed by atoms with Crippen LogP contribution < -0.4 is 20.7 Å². The van der Waals surface area contributed by atoms with Crippen LogP contribution in [0.1, 0.15) is 29.6 Å². The molecular weight excluding hydrogens is 417 g/mol. The molecule has 0 aliphatic carbocycles. The van der Waals surface area contributed by atoms with Crippen LogP contribution in [0, 0.1) is 5.82 Å². The van der Waals surface area contributed by atoms with Crippen molar-refractivity contribution < 1.29 is 28.6 Å². The van der Waals surface area contributed by atoms with Crippen LogP contribution in [0.15, 0.2) is 48.5 Å². The number of urea groups is 1. The lowest BCUT2D eigenvalue weighted by Crippen LogP contribution is -2.52. The van der Waals surface area contributed by atoms with Gasteiger partial charge in [-0.1, -0.05) is 12.1 Å². The van der Waals surface area contributed by atoms with E-state index < -0.39 is 23.9 Å². The summed E-state index contributed by atoms with van der Waals surface area (Å²) in [5, 5.41) is 18.0. The Labute approximate surface area is 186 Å². The zero-order valence-corrected chi connectivity index (χ0v) is 17.8. The zero-order valence-electron chi connectivity index (χ0n) is 17.8. The minimum atomic E-state index is -0.568. The van der Waals surface area contributed by atoms with E-state index in [0.717, 1.165) is 0 Å². The molecule has 0 spiro atoms. The summed E-state index contributed by atoms with van der Waals surface area (Å²) in [5.74, 6) is -0.360. The molecule has 1 saturated heterocycles. The summed E-state index contributed by atoms with van der Waals surface area (Å²) in [4.78, 5) is 24.4. The largest absolute Gasteiger partial charge is 0.497 e. The first kappa shape index (κ1) is 23.5. The minimum Gasteiger partial charge on any atom is -0.497 e. The number of aliphatic hydroxyl groups is 1. The van der Waals surface area contributed by atoms with Crippen molar-refractivity contribution in [3.63, 3.8) is 0 Å². The fourth-order valence-corrected chi connectivity index (χ4v) is 3.61. The maximum atomic E-state index is 13.7. The van der Waals surface area contributed by atoms with Gasteiger partial charge >= 0.3 is 6.03 Å². The highest BCUT2D eigenvalue weighted by Crippen LogP contribution is 2.22. The van der Waals surface area contributed by atoms with E-state index in [-0.39, 0.29) is 24.3 Å². The average molecular weight is 445 g/mol. The van der Waals surface area contributed by atoms with Gasteiger partial charge in [-0.2, -0.15) is 0 Å². The van der Waals surface area contributed by atoms with Crippen LogP contribution in [0.4, 0.5) is 14.9 Å². The number of rotatable bonds is 8. The Morgan fingerprint density at radius 3 is 2.59 bits per heavy atom. The lowest BCUT2D eigenvalue weighted by Gasteiger charge is -2.36. The molecule has 8 nitrogen and oxygen atoms in total. The molecule has 4 N–H and O–H groups in total. The van der Waals surface area contributed by atoms with Crippen LogP contribution in [-0.2, 0) is 4.74 Å². The third-order valence-electron chi connectivity index (χ3n) is 5.33. The fraction of sp³-hybridized carbons (Fsp3) is 0.391. The Morgan fingerprint density at radius 2 is 1.91 bits per heavy atom. The van der Waals surface area contributed by atoms with Crippen molar-refractivity contribution in [2.45, 2.75) is 37.5 Å². The number of ether oxygens (including phenoxy) is 2. The molecule has 172 valence electrons. The van der Waals surface area contributed by atoms with Crippen LogP contribution in [-0.4, -0.2) is 55.6 Å². The molecule has 1 aliphatic heterocycles. The zero-order chi connectivity index (χ0) is 22.9. The van der Waals surface area contributed by atoms with Crippen LogP contribution in [0.2, 0.25) is 0 Å². The quantitative estimate of drug-likeness (QED) is 0.500. The summed E-state index contributed by atoms with van der Waals surface area (Å²) < 4.78 is 24.7. The molecule has 0 unspecified atom stereocenters. The standard InChI is InChI=1S/C23H28FN3O5/c1-31-16-8-6-15(7-9-16)26-23(30)27-20-11-10-17(32-21(20)14-28)12-13-25-22(29)18-4-2-3-5-19(18)24/h2-9,17,20-21,28H,10-14H2,1H3,(H,25,29)(H2,26,27,30)/t17-,20-,21+/m1/s1. The molecule has 0 bridgehead atoms. The summed E-state index contributed by atoms with van der Waals surface area (Å²) in [6.07, 6.45) is 1.04. The molecule has 3 atom stereocenters. The average Bonchev–Trinajstić information content (AvgIpc) is 2.80. The van der Waals surface area contributed by atoms with E-state index in [9.17, 15) is 19.1 Å². The molecule has 32 heavy (non-hydrogen) atoms. The highest BCUT2D eigenvalue weighted by molar-refractivity contribution is 5.94. The van der Waals surface area contributed by atoms with Gasteiger partial charge in [0.05, 0.1) is 31.4 Å². The van der Waals surface area contributed by atoms with Crippen LogP contribution in [0.5, 0.6) is 5.75 Å². The van der Waals surface area contributed by atoms with Crippen molar-refractivity contribution in [3.8, 4) is 5.75 Å². The molecule has 1 aliphatic rings. The number of anilines is 1. The Kier molecular flexibility index (Phi) is 8.41. The van der Waals surface area contributed by atoms with Gasteiger partial charge in [-0.05, 0) is 55.7 Å². The van der Waals surface area contributed by atoms with Crippen molar-refractivity contribution in [2.24, 2.45) is 0 Å². The monoisotopic (exact) mass is 445 g/mol. The molecule has 2 aromatic rings. The number of halogens is 1. The second kappa shape index (κ2) is 11.4. The van der Waals surface area contributed by atoms with Crippen LogP contribution in [0.3, 0.4) is 0 Å². The number of carbonyl (C=O) groups excluding carboxylic acids is 2. The third kappa shape index (κ3) is 6.41. The number of methoxy groups -OCH3 is 1. The van der Waals surface area contributed by atoms with Crippen LogP contribution >= 0.6 is 0 Å². The second-order valence-electron chi connectivity index (χ2n) is 7.51. The van der Waals surface area contributed by atoms with Crippen molar-refractivity contribution >= 4 is 17.6 Å². The van der Waals surface area contributed by atoms with E-state index >= 15 is 0 Å². The maximum Gasteiger partial charge on any atom is 0.319 e. The number of hydrogen-bond acceptors (Lipinski definition) is 5. The Bertz CT molecular complexity index is 909. The lowest BCUT2D eigenvalue weighted by atomic mass is 9.97. The number of amides is 3. The first-order valence-electron chi connectivity index (χ1n) is 10.5. The predicted octanol–water partition coefficient (Wildman–Crippen LogP) is 2.68. The normalized spacial score (nSPS) is 20.3. The van der Waals surface area contributed by atoms with Gasteiger partial charge in [-0.15, -0.1) is 0 Å². The lowest BCUT2D eigenvalue weighted by molar-refractivity contribution is -0.0886. The molecule has 3 amide bonds. The Morgan fingerprint density at radius 1 is 1.16 bits per heavy atom. The molecule has 0 aromatic heterocycles. The first-order chi connectivity index (χ1) is 15.5. The van der Waals surface area contributed by atoms with E-state index in [1.807, 2.05) is 0 Å². The third-order valence-corrected chi connectivity index (χ3v) is 5.33. The predicted molar refractivity (Wildman–Crippen MR) is 117 cm³/mol.